The molecule has 5 nitrogen and oxygen atoms in total. The van der Waals surface area contributed by atoms with Crippen molar-refractivity contribution < 1.29 is 18.7 Å². The van der Waals surface area contributed by atoms with Crippen molar-refractivity contribution in [2.24, 2.45) is 0 Å². The number of carbonyl (C=O) groups excluding carboxylic acids is 1. The smallest absolute Gasteiger partial charge is 0.409 e. The van der Waals surface area contributed by atoms with Crippen LogP contribution in [0, 0.1) is 0 Å². The number of amides is 1. The molecule has 1 heterocycles. The van der Waals surface area contributed by atoms with Gasteiger partial charge in [0.15, 0.2) is 0 Å². The second-order valence-electron chi connectivity index (χ2n) is 8.29. The number of nitrogens with zero attached hydrogens (tertiary/aromatic N) is 1. The van der Waals surface area contributed by atoms with E-state index in [4.69, 9.17) is 9.47 Å². The highest BCUT2D eigenvalue weighted by molar-refractivity contribution is 5.68. The summed E-state index contributed by atoms with van der Waals surface area (Å²) in [6.07, 6.45) is 2.15. The molecule has 1 atom stereocenters. The topological polar surface area (TPSA) is 60.5 Å². The molecule has 0 aliphatic rings. The van der Waals surface area contributed by atoms with Crippen LogP contribution in [0.2, 0.25) is 0 Å². The summed E-state index contributed by atoms with van der Waals surface area (Å²) in [5.41, 5.74) is 1.22. The molecule has 0 fully saturated rings. The van der Waals surface area contributed by atoms with Crippen molar-refractivity contribution in [3.8, 4) is 11.1 Å². The van der Waals surface area contributed by atoms with Gasteiger partial charge in [0.25, 0.3) is 0 Å². The number of alkyl carbamates (subject to hydrolysis) is 1. The first kappa shape index (κ1) is 22.6. The van der Waals surface area contributed by atoms with Crippen molar-refractivity contribution in [1.29, 1.82) is 0 Å². The Morgan fingerprint density at radius 3 is 2.31 bits per heavy atom. The Morgan fingerprint density at radius 2 is 1.79 bits per heavy atom. The fourth-order valence-corrected chi connectivity index (χ4v) is 2.71. The van der Waals surface area contributed by atoms with Crippen molar-refractivity contribution in [3.63, 3.8) is 0 Å². The monoisotopic (exact) mass is 400 g/mol. The van der Waals surface area contributed by atoms with Gasteiger partial charge in [-0.25, -0.2) is 9.18 Å². The highest BCUT2D eigenvalue weighted by Crippen LogP contribution is 2.31. The molecule has 2 rings (SSSR count). The minimum atomic E-state index is -1.10. The van der Waals surface area contributed by atoms with E-state index in [-0.39, 0.29) is 5.57 Å². The highest BCUT2D eigenvalue weighted by atomic mass is 19.1. The zero-order valence-corrected chi connectivity index (χ0v) is 17.7. The summed E-state index contributed by atoms with van der Waals surface area (Å²) in [6.45, 7) is 11.7. The van der Waals surface area contributed by atoms with E-state index < -0.39 is 30.2 Å². The van der Waals surface area contributed by atoms with Crippen molar-refractivity contribution in [1.82, 2.24) is 10.3 Å². The first-order valence-electron chi connectivity index (χ1n) is 9.44. The van der Waals surface area contributed by atoms with Crippen LogP contribution in [-0.4, -0.2) is 29.1 Å². The third-order valence-electron chi connectivity index (χ3n) is 3.97. The Kier molecular flexibility index (Phi) is 7.14. The second-order valence-corrected chi connectivity index (χ2v) is 8.29. The average Bonchev–Trinajstić information content (AvgIpc) is 2.64. The van der Waals surface area contributed by atoms with Crippen molar-refractivity contribution in [2.75, 3.05) is 6.67 Å². The molecule has 156 valence electrons. The number of hydrogen-bond donors (Lipinski definition) is 1. The van der Waals surface area contributed by atoms with E-state index >= 15 is 0 Å². The van der Waals surface area contributed by atoms with Crippen LogP contribution >= 0.6 is 0 Å². The van der Waals surface area contributed by atoms with E-state index in [1.807, 2.05) is 36.4 Å². The Balaban J connectivity index is 2.19. The first-order chi connectivity index (χ1) is 13.5. The van der Waals surface area contributed by atoms with E-state index in [9.17, 15) is 9.18 Å². The van der Waals surface area contributed by atoms with E-state index in [2.05, 4.69) is 16.9 Å². The van der Waals surface area contributed by atoms with Gasteiger partial charge < -0.3 is 9.47 Å². The maximum Gasteiger partial charge on any atom is 0.409 e. The predicted molar refractivity (Wildman–Crippen MR) is 112 cm³/mol. The van der Waals surface area contributed by atoms with E-state index in [0.717, 1.165) is 16.7 Å². The summed E-state index contributed by atoms with van der Waals surface area (Å²) in [5, 5.41) is 2.67. The van der Waals surface area contributed by atoms with Gasteiger partial charge in [0.05, 0.1) is 0 Å². The molecular formula is C23H29FN2O3. The summed E-state index contributed by atoms with van der Waals surface area (Å²) in [6, 6.07) is 11.4. The van der Waals surface area contributed by atoms with Gasteiger partial charge in [-0.1, -0.05) is 36.9 Å². The van der Waals surface area contributed by atoms with E-state index in [0.29, 0.717) is 0 Å². The number of pyridine rings is 1. The third kappa shape index (κ3) is 6.98. The average molecular weight is 400 g/mol. The lowest BCUT2D eigenvalue weighted by Gasteiger charge is -2.33. The van der Waals surface area contributed by atoms with E-state index in [1.165, 1.54) is 0 Å². The summed E-state index contributed by atoms with van der Waals surface area (Å²) >= 11 is 0. The molecule has 0 bridgehead atoms. The number of aromatic nitrogens is 1. The van der Waals surface area contributed by atoms with Crippen LogP contribution < -0.4 is 5.32 Å². The number of ether oxygens (including phenoxy) is 2. The molecule has 0 spiro atoms. The minimum absolute atomic E-state index is 0.262. The number of nitrogens with one attached hydrogen (secondary N) is 1. The fourth-order valence-electron chi connectivity index (χ4n) is 2.71. The summed E-state index contributed by atoms with van der Waals surface area (Å²) in [5.74, 6) is 0. The summed E-state index contributed by atoms with van der Waals surface area (Å²) in [7, 11) is 0. The standard InChI is InChI=1S/C23H29FN2O3/c1-16(14-24)20(28-23(5,6)26-21(27)29-22(2,3)4)18-11-9-17(10-12-18)19-8-7-13-25-15-19/h7-13,15,20H,1,14H2,2-6H3,(H,26,27)/t20-/m0/s1. The molecule has 0 radical (unpaired) electrons. The van der Waals surface area contributed by atoms with Crippen LogP contribution in [0.3, 0.4) is 0 Å². The van der Waals surface area contributed by atoms with Crippen LogP contribution in [-0.2, 0) is 9.47 Å². The third-order valence-corrected chi connectivity index (χ3v) is 3.97. The van der Waals surface area contributed by atoms with Crippen molar-refractivity contribution >= 4 is 6.09 Å². The number of alkyl halides is 1. The molecule has 1 amide bonds. The Morgan fingerprint density at radius 1 is 1.14 bits per heavy atom. The minimum Gasteiger partial charge on any atom is -0.444 e. The second kappa shape index (κ2) is 9.18. The summed E-state index contributed by atoms with van der Waals surface area (Å²) in [4.78, 5) is 16.2. The van der Waals surface area contributed by atoms with Crippen molar-refractivity contribution in [3.05, 3.63) is 66.5 Å². The molecule has 0 aliphatic carbocycles. The summed E-state index contributed by atoms with van der Waals surface area (Å²) < 4.78 is 24.8. The molecule has 6 heteroatoms. The molecule has 1 N–H and O–H groups in total. The van der Waals surface area contributed by atoms with E-state index in [1.54, 1.807) is 47.0 Å². The van der Waals surface area contributed by atoms with Crippen LogP contribution in [0.4, 0.5) is 9.18 Å². The molecular weight excluding hydrogens is 371 g/mol. The molecule has 0 aliphatic heterocycles. The molecule has 0 unspecified atom stereocenters. The lowest BCUT2D eigenvalue weighted by Crippen LogP contribution is -2.48. The van der Waals surface area contributed by atoms with Gasteiger partial charge in [0, 0.05) is 12.4 Å². The van der Waals surface area contributed by atoms with Gasteiger partial charge in [-0.2, -0.15) is 0 Å². The zero-order valence-electron chi connectivity index (χ0n) is 17.7. The zero-order chi connectivity index (χ0) is 21.7. The van der Waals surface area contributed by atoms with Gasteiger partial charge in [0.1, 0.15) is 24.1 Å². The Bertz CT molecular complexity index is 827. The quantitative estimate of drug-likeness (QED) is 0.486. The molecule has 0 saturated carbocycles. The Labute approximate surface area is 172 Å². The van der Waals surface area contributed by atoms with Crippen LogP contribution in [0.1, 0.15) is 46.3 Å². The van der Waals surface area contributed by atoms with Gasteiger partial charge in [-0.05, 0) is 62.9 Å². The maximum atomic E-state index is 13.4. The lowest BCUT2D eigenvalue weighted by molar-refractivity contribution is -0.0815. The number of carbonyl (C=O) groups is 1. The molecule has 1 aromatic carbocycles. The van der Waals surface area contributed by atoms with Crippen molar-refractivity contribution in [2.45, 2.75) is 52.0 Å². The van der Waals surface area contributed by atoms with Gasteiger partial charge in [-0.3, -0.25) is 10.3 Å². The maximum absolute atomic E-state index is 13.4. The van der Waals surface area contributed by atoms with Crippen LogP contribution in [0.15, 0.2) is 60.9 Å². The fraction of sp³-hybridized carbons (Fsp3) is 0.391. The molecule has 0 saturated heterocycles. The highest BCUT2D eigenvalue weighted by Gasteiger charge is 2.30. The van der Waals surface area contributed by atoms with Crippen LogP contribution in [0.5, 0.6) is 0 Å². The lowest BCUT2D eigenvalue weighted by atomic mass is 9.99. The first-order valence-corrected chi connectivity index (χ1v) is 9.44. The van der Waals surface area contributed by atoms with Gasteiger partial charge in [0.2, 0.25) is 0 Å². The van der Waals surface area contributed by atoms with Gasteiger partial charge >= 0.3 is 6.09 Å². The Hall–Kier alpha value is -2.73. The number of halogens is 1. The van der Waals surface area contributed by atoms with Crippen LogP contribution in [0.25, 0.3) is 11.1 Å². The molecule has 29 heavy (non-hydrogen) atoms. The predicted octanol–water partition coefficient (Wildman–Crippen LogP) is 5.59. The number of hydrogen-bond acceptors (Lipinski definition) is 4. The SMILES string of the molecule is C=C(CF)[C@H](OC(C)(C)NC(=O)OC(C)(C)C)c1ccc(-c2cccnc2)cc1. The normalized spacial score (nSPS) is 12.9. The van der Waals surface area contributed by atoms with Gasteiger partial charge in [-0.15, -0.1) is 0 Å². The molecule has 2 aromatic rings. The number of rotatable bonds is 7. The molecule has 1 aromatic heterocycles. The number of benzene rings is 1. The largest absolute Gasteiger partial charge is 0.444 e.